The maximum atomic E-state index is 13.9. The Morgan fingerprint density at radius 1 is 0.952 bits per heavy atom. The summed E-state index contributed by atoms with van der Waals surface area (Å²) in [6, 6.07) is 3.63. The summed E-state index contributed by atoms with van der Waals surface area (Å²) >= 11 is 0. The first-order valence-corrected chi connectivity index (χ1v) is 15.5. The van der Waals surface area contributed by atoms with Gasteiger partial charge in [-0.3, -0.25) is 14.1 Å². The number of ether oxygens (including phenoxy) is 2. The van der Waals surface area contributed by atoms with Crippen molar-refractivity contribution in [3.05, 3.63) is 29.8 Å². The fourth-order valence-corrected chi connectivity index (χ4v) is 6.27. The summed E-state index contributed by atoms with van der Waals surface area (Å²) < 4.78 is 149. The van der Waals surface area contributed by atoms with Gasteiger partial charge in [0.25, 0.3) is 0 Å². The zero-order chi connectivity index (χ0) is 31.9. The Labute approximate surface area is 237 Å². The van der Waals surface area contributed by atoms with Crippen LogP contribution in [0.3, 0.4) is 0 Å². The molecular weight excluding hydrogens is 626 g/mol. The summed E-state index contributed by atoms with van der Waals surface area (Å²) in [6.07, 6.45) is 2.25. The van der Waals surface area contributed by atoms with Gasteiger partial charge < -0.3 is 13.7 Å². The minimum absolute atomic E-state index is 0.00134. The van der Waals surface area contributed by atoms with Crippen LogP contribution in [0.1, 0.15) is 45.1 Å². The van der Waals surface area contributed by atoms with Crippen molar-refractivity contribution in [2.24, 2.45) is 23.7 Å². The molecule has 3 rings (SSSR count). The quantitative estimate of drug-likeness (QED) is 0.142. The first kappa shape index (κ1) is 33.9. The van der Waals surface area contributed by atoms with Gasteiger partial charge in [-0.2, -0.15) is 43.2 Å². The SMILES string of the molecule is CCC(C)C(=O)OC1CC2CC1CC2C(=O)OCCc1ccc(OS(=O)(=O)C(F)(F)C(F)(F)C(F)(F)S(=O)(=O)O)cc1. The van der Waals surface area contributed by atoms with E-state index in [1.54, 1.807) is 6.92 Å². The number of fused-ring (bicyclic) bond motifs is 2. The predicted molar refractivity (Wildman–Crippen MR) is 131 cm³/mol. The number of hydrogen-bond acceptors (Lipinski definition) is 9. The highest BCUT2D eigenvalue weighted by Crippen LogP contribution is 2.51. The average Bonchev–Trinajstić information content (AvgIpc) is 3.48. The molecule has 2 fully saturated rings. The molecule has 18 heteroatoms. The fourth-order valence-electron chi connectivity index (χ4n) is 4.84. The minimum atomic E-state index is -7.15. The minimum Gasteiger partial charge on any atom is -0.465 e. The monoisotopic (exact) mass is 654 g/mol. The first-order chi connectivity index (χ1) is 19.2. The molecule has 2 aliphatic rings. The van der Waals surface area contributed by atoms with Crippen molar-refractivity contribution >= 4 is 32.2 Å². The molecular formula is C24H28F6O10S2. The lowest BCUT2D eigenvalue weighted by Crippen LogP contribution is -2.61. The van der Waals surface area contributed by atoms with Crippen LogP contribution in [0.5, 0.6) is 5.75 Å². The molecule has 42 heavy (non-hydrogen) atoms. The Morgan fingerprint density at radius 2 is 1.55 bits per heavy atom. The van der Waals surface area contributed by atoms with E-state index >= 15 is 0 Å². The second-order valence-corrected chi connectivity index (χ2v) is 13.4. The van der Waals surface area contributed by atoms with Gasteiger partial charge in [-0.25, -0.2) is 0 Å². The number of rotatable bonds is 13. The highest BCUT2D eigenvalue weighted by molar-refractivity contribution is 7.88. The topological polar surface area (TPSA) is 150 Å². The molecule has 1 aromatic rings. The zero-order valence-electron chi connectivity index (χ0n) is 22.1. The number of hydrogen-bond donors (Lipinski definition) is 1. The molecule has 2 aliphatic carbocycles. The van der Waals surface area contributed by atoms with Gasteiger partial charge in [0.2, 0.25) is 0 Å². The number of carbonyl (C=O) groups excluding carboxylic acids is 2. The summed E-state index contributed by atoms with van der Waals surface area (Å²) in [5, 5.41) is -13.7. The number of carbonyl (C=O) groups is 2. The smallest absolute Gasteiger partial charge is 0.450 e. The van der Waals surface area contributed by atoms with Gasteiger partial charge in [-0.05, 0) is 55.2 Å². The van der Waals surface area contributed by atoms with E-state index in [2.05, 4.69) is 4.18 Å². The van der Waals surface area contributed by atoms with Crippen molar-refractivity contribution in [1.82, 2.24) is 0 Å². The number of halogens is 6. The summed E-state index contributed by atoms with van der Waals surface area (Å²) in [5.41, 5.74) is 0.354. The highest BCUT2D eigenvalue weighted by atomic mass is 32.2. The largest absolute Gasteiger partial charge is 0.465 e. The maximum Gasteiger partial charge on any atom is 0.450 e. The van der Waals surface area contributed by atoms with Gasteiger partial charge in [-0.15, -0.1) is 0 Å². The Morgan fingerprint density at radius 3 is 2.05 bits per heavy atom. The Kier molecular flexibility index (Phi) is 9.54. The molecule has 5 atom stereocenters. The van der Waals surface area contributed by atoms with Gasteiger partial charge in [-0.1, -0.05) is 26.0 Å². The van der Waals surface area contributed by atoms with Gasteiger partial charge in [0, 0.05) is 6.42 Å². The van der Waals surface area contributed by atoms with E-state index in [0.29, 0.717) is 24.8 Å². The lowest BCUT2D eigenvalue weighted by atomic mass is 9.87. The van der Waals surface area contributed by atoms with Crippen LogP contribution in [0.15, 0.2) is 24.3 Å². The lowest BCUT2D eigenvalue weighted by Gasteiger charge is -2.29. The van der Waals surface area contributed by atoms with Gasteiger partial charge in [0.1, 0.15) is 11.9 Å². The van der Waals surface area contributed by atoms with E-state index in [9.17, 15) is 52.8 Å². The molecule has 0 aliphatic heterocycles. The summed E-state index contributed by atoms with van der Waals surface area (Å²) in [4.78, 5) is 24.6. The predicted octanol–water partition coefficient (Wildman–Crippen LogP) is 4.19. The molecule has 0 spiro atoms. The number of esters is 2. The summed E-state index contributed by atoms with van der Waals surface area (Å²) in [6.45, 7) is 3.52. The maximum absolute atomic E-state index is 13.9. The van der Waals surface area contributed by atoms with E-state index in [1.807, 2.05) is 6.92 Å². The summed E-state index contributed by atoms with van der Waals surface area (Å²) in [7, 11) is -14.1. The number of alkyl halides is 6. The molecule has 0 saturated heterocycles. The van der Waals surface area contributed by atoms with E-state index in [-0.39, 0.29) is 48.8 Å². The van der Waals surface area contributed by atoms with Crippen LogP contribution >= 0.6 is 0 Å². The van der Waals surface area contributed by atoms with E-state index in [1.165, 1.54) is 0 Å². The van der Waals surface area contributed by atoms with Crippen molar-refractivity contribution in [3.8, 4) is 5.75 Å². The standard InChI is InChI=1S/C24H28F6O10S2/c1-3-13(2)20(31)39-19-12-15-10-16(19)11-18(15)21(32)38-9-8-14-4-6-17(7-5-14)40-42(36,37)24(29,30)22(25,26)23(27,28)41(33,34)35/h4-7,13,15-16,18-19H,3,8-12H2,1-2H3,(H,33,34,35). The lowest BCUT2D eigenvalue weighted by molar-refractivity contribution is -0.247. The summed E-state index contributed by atoms with van der Waals surface area (Å²) in [5.74, 6) is -9.39. The third-order valence-corrected chi connectivity index (χ3v) is 9.71. The molecule has 2 saturated carbocycles. The van der Waals surface area contributed by atoms with Crippen molar-refractivity contribution in [1.29, 1.82) is 0 Å². The van der Waals surface area contributed by atoms with Crippen LogP contribution in [0, 0.1) is 23.7 Å². The molecule has 0 aromatic heterocycles. The van der Waals surface area contributed by atoms with Crippen LogP contribution < -0.4 is 4.18 Å². The highest BCUT2D eigenvalue weighted by Gasteiger charge is 2.83. The molecule has 10 nitrogen and oxygen atoms in total. The fraction of sp³-hybridized carbons (Fsp3) is 0.667. The van der Waals surface area contributed by atoms with Gasteiger partial charge in [0.05, 0.1) is 18.4 Å². The van der Waals surface area contributed by atoms with Crippen molar-refractivity contribution < 1.29 is 71.0 Å². The zero-order valence-corrected chi connectivity index (χ0v) is 23.8. The molecule has 238 valence electrons. The number of benzene rings is 1. The second-order valence-electron chi connectivity index (χ2n) is 10.3. The van der Waals surface area contributed by atoms with Crippen molar-refractivity contribution in [2.45, 2.75) is 68.5 Å². The molecule has 0 radical (unpaired) electrons. The van der Waals surface area contributed by atoms with Crippen LogP contribution in [-0.2, 0) is 45.7 Å². The van der Waals surface area contributed by atoms with Crippen molar-refractivity contribution in [2.75, 3.05) is 6.61 Å². The van der Waals surface area contributed by atoms with E-state index in [0.717, 1.165) is 30.7 Å². The molecule has 0 amide bonds. The molecule has 1 N–H and O–H groups in total. The van der Waals surface area contributed by atoms with Crippen molar-refractivity contribution in [3.63, 3.8) is 0 Å². The van der Waals surface area contributed by atoms with Crippen LogP contribution in [0.2, 0.25) is 0 Å². The van der Waals surface area contributed by atoms with Crippen LogP contribution in [0.4, 0.5) is 26.3 Å². The molecule has 5 unspecified atom stereocenters. The third-order valence-electron chi connectivity index (χ3n) is 7.51. The Bertz CT molecular complexity index is 1380. The normalized spacial score (nSPS) is 23.8. The van der Waals surface area contributed by atoms with E-state index in [4.69, 9.17) is 14.0 Å². The first-order valence-electron chi connectivity index (χ1n) is 12.7. The average molecular weight is 655 g/mol. The molecule has 1 aromatic carbocycles. The molecule has 0 heterocycles. The molecule has 2 bridgehead atoms. The third kappa shape index (κ3) is 6.34. The van der Waals surface area contributed by atoms with Crippen LogP contribution in [-0.4, -0.2) is 62.5 Å². The van der Waals surface area contributed by atoms with Crippen LogP contribution in [0.25, 0.3) is 0 Å². The van der Waals surface area contributed by atoms with E-state index < -0.39 is 48.4 Å². The van der Waals surface area contributed by atoms with Gasteiger partial charge >= 0.3 is 48.6 Å². The second kappa shape index (κ2) is 11.8. The Balaban J connectivity index is 1.53. The van der Waals surface area contributed by atoms with Gasteiger partial charge in [0.15, 0.2) is 0 Å². The Hall–Kier alpha value is -2.60.